The van der Waals surface area contributed by atoms with Crippen molar-refractivity contribution in [3.05, 3.63) is 0 Å². The number of hydrogen-bond acceptors (Lipinski definition) is 4. The van der Waals surface area contributed by atoms with Gasteiger partial charge in [0, 0.05) is 12.8 Å². The predicted octanol–water partition coefficient (Wildman–Crippen LogP) is 4.94. The fraction of sp³-hybridized carbons (Fsp3) is 0.875. The van der Waals surface area contributed by atoms with Gasteiger partial charge in [-0.1, -0.05) is 70.9 Å². The highest BCUT2D eigenvalue weighted by atomic mass is 127. The number of ether oxygens (including phenoxy) is 2. The summed E-state index contributed by atoms with van der Waals surface area (Å²) >= 11 is 4.69. The van der Waals surface area contributed by atoms with Gasteiger partial charge in [-0.25, -0.2) is 0 Å². The largest absolute Gasteiger partial charge is 0.466 e. The second-order valence-electron chi connectivity index (χ2n) is 5.82. The van der Waals surface area contributed by atoms with Gasteiger partial charge in [-0.15, -0.1) is 0 Å². The summed E-state index contributed by atoms with van der Waals surface area (Å²) in [5, 5.41) is 0. The minimum absolute atomic E-state index is 0.0646. The molecule has 0 bridgehead atoms. The van der Waals surface area contributed by atoms with E-state index < -0.39 is 0 Å². The second kappa shape index (κ2) is 11.9. The summed E-state index contributed by atoms with van der Waals surface area (Å²) in [6, 6.07) is 0. The van der Waals surface area contributed by atoms with Gasteiger partial charge in [0.05, 0.1) is 6.61 Å². The number of alkyl halides is 2. The lowest BCUT2D eigenvalue weighted by atomic mass is 10.1. The van der Waals surface area contributed by atoms with Crippen molar-refractivity contribution >= 4 is 57.1 Å². The van der Waals surface area contributed by atoms with Crippen LogP contribution in [-0.4, -0.2) is 26.6 Å². The molecule has 0 radical (unpaired) electrons. The van der Waals surface area contributed by atoms with Crippen LogP contribution in [0.4, 0.5) is 0 Å². The molecule has 1 aliphatic heterocycles. The molecule has 0 aromatic carbocycles. The molecule has 1 saturated heterocycles. The van der Waals surface area contributed by atoms with Crippen LogP contribution in [-0.2, 0) is 19.1 Å². The number of halogens is 2. The van der Waals surface area contributed by atoms with E-state index in [1.807, 2.05) is 0 Å². The third-order valence-corrected chi connectivity index (χ3v) is 5.36. The summed E-state index contributed by atoms with van der Waals surface area (Å²) in [5.74, 6) is -0.141. The minimum Gasteiger partial charge on any atom is -0.466 e. The molecule has 4 nitrogen and oxygen atoms in total. The molecule has 1 fully saturated rings. The maximum Gasteiger partial charge on any atom is 0.305 e. The lowest BCUT2D eigenvalue weighted by Crippen LogP contribution is -2.22. The average molecular weight is 536 g/mol. The maximum absolute atomic E-state index is 11.7. The fourth-order valence-electron chi connectivity index (χ4n) is 2.32. The van der Waals surface area contributed by atoms with Crippen molar-refractivity contribution in [3.8, 4) is 0 Å². The molecular formula is C16H26I2O4. The first-order valence-corrected chi connectivity index (χ1v) is 10.3. The van der Waals surface area contributed by atoms with Crippen LogP contribution in [0.3, 0.4) is 0 Å². The number of esters is 2. The van der Waals surface area contributed by atoms with Gasteiger partial charge in [0.1, 0.15) is 8.04 Å². The van der Waals surface area contributed by atoms with E-state index in [1.165, 1.54) is 0 Å². The normalized spacial score (nSPS) is 23.7. The van der Waals surface area contributed by atoms with E-state index in [4.69, 9.17) is 9.47 Å². The number of carbonyl (C=O) groups excluding carboxylic acids is 2. The van der Waals surface area contributed by atoms with Gasteiger partial charge in [-0.2, -0.15) is 0 Å². The van der Waals surface area contributed by atoms with E-state index in [0.29, 0.717) is 26.1 Å². The van der Waals surface area contributed by atoms with Crippen LogP contribution in [0.5, 0.6) is 0 Å². The van der Waals surface area contributed by atoms with Crippen LogP contribution in [0.1, 0.15) is 70.6 Å². The number of carbonyl (C=O) groups is 2. The van der Waals surface area contributed by atoms with E-state index in [-0.39, 0.29) is 13.4 Å². The highest BCUT2D eigenvalue weighted by molar-refractivity contribution is 14.2. The third kappa shape index (κ3) is 11.0. The van der Waals surface area contributed by atoms with Crippen molar-refractivity contribution < 1.29 is 19.1 Å². The molecular weight excluding hydrogens is 510 g/mol. The topological polar surface area (TPSA) is 52.6 Å². The van der Waals surface area contributed by atoms with Crippen molar-refractivity contribution in [1.82, 2.24) is 0 Å². The van der Waals surface area contributed by atoms with Crippen molar-refractivity contribution in [1.29, 1.82) is 0 Å². The Morgan fingerprint density at radius 3 is 1.91 bits per heavy atom. The Bertz CT molecular complexity index is 345. The highest BCUT2D eigenvalue weighted by Gasteiger charge is 2.24. The zero-order chi connectivity index (χ0) is 16.3. The molecule has 0 aromatic heterocycles. The first-order valence-electron chi connectivity index (χ1n) is 8.19. The summed E-state index contributed by atoms with van der Waals surface area (Å²) < 4.78 is 10.6. The average Bonchev–Trinajstić information content (AvgIpc) is 2.46. The third-order valence-electron chi connectivity index (χ3n) is 3.66. The second-order valence-corrected chi connectivity index (χ2v) is 12.0. The van der Waals surface area contributed by atoms with E-state index in [0.717, 1.165) is 57.8 Å². The predicted molar refractivity (Wildman–Crippen MR) is 103 cm³/mol. The Kier molecular flexibility index (Phi) is 11.0. The zero-order valence-corrected chi connectivity index (χ0v) is 17.4. The molecule has 1 aliphatic rings. The van der Waals surface area contributed by atoms with Crippen molar-refractivity contribution in [2.75, 3.05) is 13.2 Å². The smallest absolute Gasteiger partial charge is 0.305 e. The Morgan fingerprint density at radius 2 is 1.27 bits per heavy atom. The van der Waals surface area contributed by atoms with Crippen LogP contribution in [0.25, 0.3) is 0 Å². The van der Waals surface area contributed by atoms with Crippen LogP contribution in [0, 0.1) is 0 Å². The van der Waals surface area contributed by atoms with Gasteiger partial charge in [0.2, 0.25) is 0 Å². The number of cyclic esters (lactones) is 2. The van der Waals surface area contributed by atoms with Gasteiger partial charge < -0.3 is 9.47 Å². The summed E-state index contributed by atoms with van der Waals surface area (Å²) in [6.45, 7) is 0.953. The molecule has 0 aromatic rings. The van der Waals surface area contributed by atoms with Crippen molar-refractivity contribution in [3.63, 3.8) is 0 Å². The van der Waals surface area contributed by atoms with Crippen LogP contribution < -0.4 is 0 Å². The summed E-state index contributed by atoms with van der Waals surface area (Å²) in [7, 11) is 0. The molecule has 0 N–H and O–H groups in total. The quantitative estimate of drug-likeness (QED) is 0.250. The van der Waals surface area contributed by atoms with Gasteiger partial charge in [0.25, 0.3) is 0 Å². The molecule has 6 heteroatoms. The number of rotatable bonds is 0. The van der Waals surface area contributed by atoms with E-state index >= 15 is 0 Å². The molecule has 0 aliphatic carbocycles. The Hall–Kier alpha value is 0.400. The molecule has 1 heterocycles. The Balaban J connectivity index is 2.37. The van der Waals surface area contributed by atoms with E-state index in [1.54, 1.807) is 0 Å². The highest BCUT2D eigenvalue weighted by Crippen LogP contribution is 2.33. The molecule has 0 spiro atoms. The summed E-state index contributed by atoms with van der Waals surface area (Å²) in [4.78, 5) is 23.3. The molecule has 22 heavy (non-hydrogen) atoms. The van der Waals surface area contributed by atoms with Crippen LogP contribution in [0.2, 0.25) is 0 Å². The van der Waals surface area contributed by atoms with Gasteiger partial charge in [-0.3, -0.25) is 9.59 Å². The Morgan fingerprint density at radius 1 is 0.727 bits per heavy atom. The lowest BCUT2D eigenvalue weighted by Gasteiger charge is -2.20. The number of hydrogen-bond donors (Lipinski definition) is 0. The van der Waals surface area contributed by atoms with Crippen molar-refractivity contribution in [2.45, 2.75) is 72.1 Å². The molecule has 0 saturated carbocycles. The lowest BCUT2D eigenvalue weighted by molar-refractivity contribution is -0.145. The van der Waals surface area contributed by atoms with Gasteiger partial charge >= 0.3 is 11.9 Å². The Labute approximate surface area is 160 Å². The standard InChI is InChI=1S/C16H26I2O4/c17-16(18)11-7-8-12-21-14(19)9-5-3-1-2-4-6-10-15(20)22-13-16/h1-13H2. The molecule has 0 atom stereocenters. The van der Waals surface area contributed by atoms with Gasteiger partial charge in [0.15, 0.2) is 0 Å². The van der Waals surface area contributed by atoms with E-state index in [9.17, 15) is 9.59 Å². The monoisotopic (exact) mass is 536 g/mol. The fourth-order valence-corrected chi connectivity index (χ4v) is 3.39. The van der Waals surface area contributed by atoms with Gasteiger partial charge in [-0.05, 0) is 32.1 Å². The summed E-state index contributed by atoms with van der Waals surface area (Å²) in [6.07, 6.45) is 10.00. The minimum atomic E-state index is -0.0762. The molecule has 128 valence electrons. The molecule has 1 rings (SSSR count). The molecule has 0 amide bonds. The maximum atomic E-state index is 11.7. The van der Waals surface area contributed by atoms with Crippen molar-refractivity contribution in [2.24, 2.45) is 0 Å². The van der Waals surface area contributed by atoms with E-state index in [2.05, 4.69) is 45.2 Å². The molecule has 0 unspecified atom stereocenters. The zero-order valence-electron chi connectivity index (χ0n) is 13.1. The first kappa shape index (κ1) is 20.4. The summed E-state index contributed by atoms with van der Waals surface area (Å²) in [5.41, 5.74) is 0. The first-order chi connectivity index (χ1) is 10.5. The SMILES string of the molecule is O=C1CCCCCCCCC(=O)OCC(I)(I)CCCCO1. The van der Waals surface area contributed by atoms with Crippen LogP contribution >= 0.6 is 45.2 Å². The van der Waals surface area contributed by atoms with Crippen LogP contribution in [0.15, 0.2) is 0 Å².